The Morgan fingerprint density at radius 2 is 1.71 bits per heavy atom. The fourth-order valence-electron chi connectivity index (χ4n) is 4.84. The van der Waals surface area contributed by atoms with Crippen LogP contribution in [0.25, 0.3) is 5.00 Å². The molecule has 2 N–H and O–H groups in total. The standard InChI is InChI=1S/C29H29N5O3S/c1-18-8-10-22(11-9-18)31-28(35)27-25-6-4-5-7-26(25)38-29(27)33-19(2)16-21(20(33)3)17-30-32-23-12-14-24(15-13-23)34(36)37/h8-17,32H,4-7H2,1-3H3,(H,31,35)/b30-17-. The van der Waals surface area contributed by atoms with Gasteiger partial charge in [-0.3, -0.25) is 20.3 Å². The first-order valence-electron chi connectivity index (χ1n) is 12.6. The van der Waals surface area contributed by atoms with Crippen molar-refractivity contribution in [3.05, 3.63) is 103 Å². The number of rotatable bonds is 7. The highest BCUT2D eigenvalue weighted by atomic mass is 32.1. The van der Waals surface area contributed by atoms with E-state index in [4.69, 9.17) is 0 Å². The molecule has 2 aromatic heterocycles. The summed E-state index contributed by atoms with van der Waals surface area (Å²) in [6.07, 6.45) is 5.87. The second kappa shape index (κ2) is 10.6. The van der Waals surface area contributed by atoms with Gasteiger partial charge in [-0.1, -0.05) is 17.7 Å². The number of hydrogen-bond donors (Lipinski definition) is 2. The van der Waals surface area contributed by atoms with Gasteiger partial charge >= 0.3 is 0 Å². The van der Waals surface area contributed by atoms with E-state index in [0.717, 1.165) is 64.4 Å². The molecule has 2 heterocycles. The fraction of sp³-hybridized carbons (Fsp3) is 0.241. The van der Waals surface area contributed by atoms with E-state index in [9.17, 15) is 14.9 Å². The number of amides is 1. The molecule has 0 fully saturated rings. The van der Waals surface area contributed by atoms with E-state index >= 15 is 0 Å². The lowest BCUT2D eigenvalue weighted by atomic mass is 9.95. The number of aryl methyl sites for hydroxylation is 3. The van der Waals surface area contributed by atoms with Crippen molar-refractivity contribution in [1.82, 2.24) is 4.57 Å². The van der Waals surface area contributed by atoms with Crippen molar-refractivity contribution >= 4 is 40.5 Å². The van der Waals surface area contributed by atoms with Crippen molar-refractivity contribution in [1.29, 1.82) is 0 Å². The average molecular weight is 528 g/mol. The first-order chi connectivity index (χ1) is 18.3. The number of carbonyl (C=O) groups excluding carboxylic acids is 1. The Bertz CT molecular complexity index is 1530. The van der Waals surface area contributed by atoms with Gasteiger partial charge in [0.1, 0.15) is 5.00 Å². The molecule has 1 aliphatic carbocycles. The smallest absolute Gasteiger partial charge is 0.269 e. The number of benzene rings is 2. The van der Waals surface area contributed by atoms with Crippen LogP contribution in [-0.4, -0.2) is 21.6 Å². The van der Waals surface area contributed by atoms with Crippen molar-refractivity contribution in [3.8, 4) is 5.00 Å². The third-order valence-electron chi connectivity index (χ3n) is 6.84. The number of non-ortho nitro benzene ring substituents is 1. The average Bonchev–Trinajstić information content (AvgIpc) is 3.41. The van der Waals surface area contributed by atoms with Crippen LogP contribution in [0.1, 0.15) is 56.2 Å². The molecule has 2 aromatic carbocycles. The molecule has 0 bridgehead atoms. The molecule has 8 nitrogen and oxygen atoms in total. The number of nitrogens with one attached hydrogen (secondary N) is 2. The highest BCUT2D eigenvalue weighted by Crippen LogP contribution is 2.39. The summed E-state index contributed by atoms with van der Waals surface area (Å²) in [5, 5.41) is 19.3. The molecule has 9 heteroatoms. The normalized spacial score (nSPS) is 12.9. The summed E-state index contributed by atoms with van der Waals surface area (Å²) in [5.41, 5.74) is 10.4. The number of nitro groups is 1. The first kappa shape index (κ1) is 25.4. The molecule has 5 rings (SSSR count). The van der Waals surface area contributed by atoms with Gasteiger partial charge in [-0.2, -0.15) is 5.10 Å². The molecule has 0 unspecified atom stereocenters. The number of anilines is 2. The maximum Gasteiger partial charge on any atom is 0.269 e. The second-order valence-corrected chi connectivity index (χ2v) is 10.6. The van der Waals surface area contributed by atoms with Gasteiger partial charge in [0.05, 0.1) is 22.4 Å². The molecule has 4 aromatic rings. The number of hydrazone groups is 1. The van der Waals surface area contributed by atoms with Crippen LogP contribution in [-0.2, 0) is 12.8 Å². The van der Waals surface area contributed by atoms with Crippen LogP contribution < -0.4 is 10.7 Å². The fourth-order valence-corrected chi connectivity index (χ4v) is 6.34. The maximum atomic E-state index is 13.7. The van der Waals surface area contributed by atoms with Gasteiger partial charge in [-0.05, 0) is 82.3 Å². The van der Waals surface area contributed by atoms with Gasteiger partial charge in [0.15, 0.2) is 0 Å². The summed E-state index contributed by atoms with van der Waals surface area (Å²) < 4.78 is 2.15. The lowest BCUT2D eigenvalue weighted by molar-refractivity contribution is -0.384. The predicted molar refractivity (Wildman–Crippen MR) is 153 cm³/mol. The van der Waals surface area contributed by atoms with Gasteiger partial charge in [-0.25, -0.2) is 0 Å². The molecule has 194 valence electrons. The van der Waals surface area contributed by atoms with E-state index < -0.39 is 4.92 Å². The van der Waals surface area contributed by atoms with Gasteiger partial charge in [0.25, 0.3) is 11.6 Å². The number of nitrogens with zero attached hydrogens (tertiary/aromatic N) is 3. The lowest BCUT2D eigenvalue weighted by Crippen LogP contribution is -2.17. The molecular formula is C29H29N5O3S. The van der Waals surface area contributed by atoms with E-state index in [0.29, 0.717) is 5.69 Å². The third-order valence-corrected chi connectivity index (χ3v) is 8.11. The third kappa shape index (κ3) is 5.10. The molecule has 38 heavy (non-hydrogen) atoms. The highest BCUT2D eigenvalue weighted by Gasteiger charge is 2.28. The topological polar surface area (TPSA) is 102 Å². The summed E-state index contributed by atoms with van der Waals surface area (Å²) in [4.78, 5) is 25.4. The van der Waals surface area contributed by atoms with Crippen LogP contribution in [0.3, 0.4) is 0 Å². The predicted octanol–water partition coefficient (Wildman–Crippen LogP) is 6.95. The van der Waals surface area contributed by atoms with E-state index in [1.54, 1.807) is 29.7 Å². The minimum atomic E-state index is -0.431. The van der Waals surface area contributed by atoms with Crippen LogP contribution in [0, 0.1) is 30.9 Å². The summed E-state index contributed by atoms with van der Waals surface area (Å²) in [5.74, 6) is -0.0780. The van der Waals surface area contributed by atoms with Crippen LogP contribution in [0.2, 0.25) is 0 Å². The Morgan fingerprint density at radius 3 is 2.42 bits per heavy atom. The molecule has 0 saturated heterocycles. The zero-order chi connectivity index (χ0) is 26.8. The van der Waals surface area contributed by atoms with Gasteiger partial charge in [0.2, 0.25) is 0 Å². The quantitative estimate of drug-likeness (QED) is 0.154. The molecule has 0 spiro atoms. The van der Waals surface area contributed by atoms with E-state index in [-0.39, 0.29) is 11.6 Å². The number of nitro benzene ring substituents is 1. The Hall–Kier alpha value is -4.24. The Labute approximate surface area is 225 Å². The monoisotopic (exact) mass is 527 g/mol. The van der Waals surface area contributed by atoms with Crippen LogP contribution in [0.5, 0.6) is 0 Å². The summed E-state index contributed by atoms with van der Waals surface area (Å²) in [7, 11) is 0. The van der Waals surface area contributed by atoms with Crippen LogP contribution in [0.15, 0.2) is 59.7 Å². The summed E-state index contributed by atoms with van der Waals surface area (Å²) in [6.45, 7) is 6.09. The van der Waals surface area contributed by atoms with Crippen molar-refractivity contribution in [2.45, 2.75) is 46.5 Å². The molecule has 1 aliphatic rings. The molecular weight excluding hydrogens is 498 g/mol. The maximum absolute atomic E-state index is 13.7. The van der Waals surface area contributed by atoms with Crippen molar-refractivity contribution in [2.75, 3.05) is 10.7 Å². The van der Waals surface area contributed by atoms with Gasteiger partial charge in [-0.15, -0.1) is 11.3 Å². The van der Waals surface area contributed by atoms with E-state index in [1.807, 2.05) is 45.0 Å². The minimum absolute atomic E-state index is 0.0314. The van der Waals surface area contributed by atoms with Crippen molar-refractivity contribution in [2.24, 2.45) is 5.10 Å². The highest BCUT2D eigenvalue weighted by molar-refractivity contribution is 7.15. The summed E-state index contributed by atoms with van der Waals surface area (Å²) >= 11 is 1.71. The van der Waals surface area contributed by atoms with Crippen molar-refractivity contribution < 1.29 is 9.72 Å². The summed E-state index contributed by atoms with van der Waals surface area (Å²) in [6, 6.07) is 16.0. The zero-order valence-electron chi connectivity index (χ0n) is 21.6. The Kier molecular flexibility index (Phi) is 7.11. The van der Waals surface area contributed by atoms with E-state index in [1.165, 1.54) is 22.6 Å². The Balaban J connectivity index is 1.45. The number of aromatic nitrogens is 1. The van der Waals surface area contributed by atoms with E-state index in [2.05, 4.69) is 26.5 Å². The molecule has 1 amide bonds. The first-order valence-corrected chi connectivity index (χ1v) is 13.4. The Morgan fingerprint density at radius 1 is 1.03 bits per heavy atom. The number of carbonyl (C=O) groups is 1. The number of fused-ring (bicyclic) bond motifs is 1. The van der Waals surface area contributed by atoms with Gasteiger partial charge < -0.3 is 9.88 Å². The van der Waals surface area contributed by atoms with Gasteiger partial charge in [0, 0.05) is 39.6 Å². The zero-order valence-corrected chi connectivity index (χ0v) is 22.4. The largest absolute Gasteiger partial charge is 0.322 e. The van der Waals surface area contributed by atoms with Crippen molar-refractivity contribution in [3.63, 3.8) is 0 Å². The number of hydrogen-bond acceptors (Lipinski definition) is 6. The SMILES string of the molecule is Cc1ccc(NC(=O)c2c(-n3c(C)cc(/C=N\Nc4ccc([N+](=O)[O-])cc4)c3C)sc3c2CCCC3)cc1. The molecule has 0 saturated carbocycles. The molecule has 0 aliphatic heterocycles. The lowest BCUT2D eigenvalue weighted by Gasteiger charge is -2.14. The second-order valence-electron chi connectivity index (χ2n) is 9.55. The molecule has 0 atom stereocenters. The minimum Gasteiger partial charge on any atom is -0.322 e. The molecule has 0 radical (unpaired) electrons. The van der Waals surface area contributed by atoms with Crippen LogP contribution >= 0.6 is 11.3 Å². The van der Waals surface area contributed by atoms with Crippen LogP contribution in [0.4, 0.5) is 17.1 Å². The number of thiophene rings is 1.